The predicted molar refractivity (Wildman–Crippen MR) is 70.0 cm³/mol. The lowest BCUT2D eigenvalue weighted by atomic mass is 10.1. The number of benzene rings is 1. The van der Waals surface area contributed by atoms with Crippen LogP contribution in [0.5, 0.6) is 5.75 Å². The minimum Gasteiger partial charge on any atom is -0.488 e. The number of hydrogen-bond donors (Lipinski definition) is 0. The highest BCUT2D eigenvalue weighted by Crippen LogP contribution is 2.27. The highest BCUT2D eigenvalue weighted by molar-refractivity contribution is 7.89. The van der Waals surface area contributed by atoms with Crippen molar-refractivity contribution in [1.82, 2.24) is 4.31 Å². The van der Waals surface area contributed by atoms with Gasteiger partial charge in [-0.15, -0.1) is 0 Å². The topological polar surface area (TPSA) is 63.7 Å². The van der Waals surface area contributed by atoms with Crippen molar-refractivity contribution in [2.45, 2.75) is 6.42 Å². The maximum absolute atomic E-state index is 12.2. The van der Waals surface area contributed by atoms with E-state index < -0.39 is 15.9 Å². The SMILES string of the molecule is O=C(C1=Cc2ccccc2OC1)N1CCCS1(=O)=O. The summed E-state index contributed by atoms with van der Waals surface area (Å²) in [5, 5.41) is 0. The summed E-state index contributed by atoms with van der Waals surface area (Å²) in [5.74, 6) is 0.291. The Morgan fingerprint density at radius 1 is 1.26 bits per heavy atom. The van der Waals surface area contributed by atoms with Crippen LogP contribution in [0, 0.1) is 0 Å². The number of hydrogen-bond acceptors (Lipinski definition) is 4. The van der Waals surface area contributed by atoms with Gasteiger partial charge in [0.25, 0.3) is 5.91 Å². The number of para-hydroxylation sites is 1. The largest absolute Gasteiger partial charge is 0.488 e. The van der Waals surface area contributed by atoms with E-state index >= 15 is 0 Å². The van der Waals surface area contributed by atoms with E-state index in [-0.39, 0.29) is 18.9 Å². The van der Waals surface area contributed by atoms with Crippen LogP contribution in [0.3, 0.4) is 0 Å². The lowest BCUT2D eigenvalue weighted by Crippen LogP contribution is -2.35. The molecule has 0 aliphatic carbocycles. The lowest BCUT2D eigenvalue weighted by Gasteiger charge is -2.21. The molecule has 1 fully saturated rings. The second kappa shape index (κ2) is 4.38. The minimum atomic E-state index is -3.43. The Labute approximate surface area is 111 Å². The van der Waals surface area contributed by atoms with E-state index in [1.54, 1.807) is 6.08 Å². The molecule has 0 atom stereocenters. The molecule has 6 heteroatoms. The smallest absolute Gasteiger partial charge is 0.266 e. The van der Waals surface area contributed by atoms with Crippen LogP contribution in [0.4, 0.5) is 0 Å². The van der Waals surface area contributed by atoms with Crippen LogP contribution in [0.2, 0.25) is 0 Å². The third-order valence-electron chi connectivity index (χ3n) is 3.23. The summed E-state index contributed by atoms with van der Waals surface area (Å²) >= 11 is 0. The van der Waals surface area contributed by atoms with Gasteiger partial charge >= 0.3 is 0 Å². The van der Waals surface area contributed by atoms with E-state index in [1.807, 2.05) is 24.3 Å². The number of amides is 1. The zero-order valence-electron chi connectivity index (χ0n) is 10.2. The van der Waals surface area contributed by atoms with E-state index in [2.05, 4.69) is 0 Å². The predicted octanol–water partition coefficient (Wildman–Crippen LogP) is 1.02. The fourth-order valence-corrected chi connectivity index (χ4v) is 3.76. The first-order valence-electron chi connectivity index (χ1n) is 6.05. The molecule has 100 valence electrons. The van der Waals surface area contributed by atoms with Crippen molar-refractivity contribution in [3.63, 3.8) is 0 Å². The molecule has 0 bridgehead atoms. The van der Waals surface area contributed by atoms with Crippen molar-refractivity contribution in [2.24, 2.45) is 0 Å². The molecule has 0 spiro atoms. The fourth-order valence-electron chi connectivity index (χ4n) is 2.27. The first-order valence-corrected chi connectivity index (χ1v) is 7.66. The molecule has 0 aromatic heterocycles. The van der Waals surface area contributed by atoms with Crippen LogP contribution in [-0.2, 0) is 14.8 Å². The molecular weight excluding hydrogens is 266 g/mol. The number of carbonyl (C=O) groups is 1. The molecule has 1 saturated heterocycles. The van der Waals surface area contributed by atoms with Gasteiger partial charge in [-0.05, 0) is 18.6 Å². The normalized spacial score (nSPS) is 20.4. The summed E-state index contributed by atoms with van der Waals surface area (Å²) in [7, 11) is -3.43. The Kier molecular flexibility index (Phi) is 2.82. The molecule has 1 amide bonds. The molecule has 0 N–H and O–H groups in total. The van der Waals surface area contributed by atoms with Crippen molar-refractivity contribution in [3.05, 3.63) is 35.4 Å². The highest BCUT2D eigenvalue weighted by Gasteiger charge is 2.34. The summed E-state index contributed by atoms with van der Waals surface area (Å²) in [6.45, 7) is 0.377. The molecule has 19 heavy (non-hydrogen) atoms. The average Bonchev–Trinajstić information content (AvgIpc) is 2.77. The van der Waals surface area contributed by atoms with Gasteiger partial charge in [0, 0.05) is 12.1 Å². The van der Waals surface area contributed by atoms with Gasteiger partial charge in [-0.2, -0.15) is 0 Å². The number of sulfonamides is 1. The Hall–Kier alpha value is -1.82. The maximum Gasteiger partial charge on any atom is 0.266 e. The van der Waals surface area contributed by atoms with Crippen LogP contribution in [0.1, 0.15) is 12.0 Å². The molecule has 2 heterocycles. The molecule has 0 radical (unpaired) electrons. The van der Waals surface area contributed by atoms with E-state index in [9.17, 15) is 13.2 Å². The van der Waals surface area contributed by atoms with Gasteiger partial charge < -0.3 is 4.74 Å². The Morgan fingerprint density at radius 3 is 2.79 bits per heavy atom. The van der Waals surface area contributed by atoms with Crippen molar-refractivity contribution in [1.29, 1.82) is 0 Å². The Bertz CT molecular complexity index is 663. The minimum absolute atomic E-state index is 0.0451. The van der Waals surface area contributed by atoms with Gasteiger partial charge in [0.05, 0.1) is 11.3 Å². The maximum atomic E-state index is 12.2. The first-order chi connectivity index (χ1) is 9.08. The second-order valence-corrected chi connectivity index (χ2v) is 6.56. The van der Waals surface area contributed by atoms with Gasteiger partial charge in [-0.25, -0.2) is 12.7 Å². The summed E-state index contributed by atoms with van der Waals surface area (Å²) in [6, 6.07) is 7.35. The molecular formula is C13H13NO4S. The lowest BCUT2D eigenvalue weighted by molar-refractivity contribution is -0.122. The number of ether oxygens (including phenoxy) is 1. The third-order valence-corrected chi connectivity index (χ3v) is 5.06. The summed E-state index contributed by atoms with van der Waals surface area (Å²) in [5.41, 5.74) is 1.18. The molecule has 0 saturated carbocycles. The standard InChI is InChI=1S/C13H13NO4S/c15-13(14-6-3-7-19(14,16)17)11-8-10-4-1-2-5-12(10)18-9-11/h1-2,4-5,8H,3,6-7,9H2. The molecule has 5 nitrogen and oxygen atoms in total. The van der Waals surface area contributed by atoms with Gasteiger partial charge in [0.15, 0.2) is 0 Å². The van der Waals surface area contributed by atoms with Gasteiger partial charge in [0.1, 0.15) is 12.4 Å². The fraction of sp³-hybridized carbons (Fsp3) is 0.308. The molecule has 1 aromatic carbocycles. The van der Waals surface area contributed by atoms with E-state index in [1.165, 1.54) is 0 Å². The van der Waals surface area contributed by atoms with Gasteiger partial charge in [-0.3, -0.25) is 4.79 Å². The van der Waals surface area contributed by atoms with Crippen LogP contribution >= 0.6 is 0 Å². The van der Waals surface area contributed by atoms with E-state index in [0.717, 1.165) is 9.87 Å². The van der Waals surface area contributed by atoms with Gasteiger partial charge in [-0.1, -0.05) is 18.2 Å². The number of carbonyl (C=O) groups excluding carboxylic acids is 1. The van der Waals surface area contributed by atoms with Crippen molar-refractivity contribution in [3.8, 4) is 5.75 Å². The van der Waals surface area contributed by atoms with Crippen LogP contribution in [0.15, 0.2) is 29.8 Å². The van der Waals surface area contributed by atoms with Crippen LogP contribution < -0.4 is 4.74 Å². The van der Waals surface area contributed by atoms with Crippen molar-refractivity contribution >= 4 is 22.0 Å². The first kappa shape index (κ1) is 12.2. The third kappa shape index (κ3) is 2.12. The molecule has 2 aliphatic heterocycles. The molecule has 1 aromatic rings. The highest BCUT2D eigenvalue weighted by atomic mass is 32.2. The Morgan fingerprint density at radius 2 is 2.05 bits per heavy atom. The summed E-state index contributed by atoms with van der Waals surface area (Å²) in [6.07, 6.45) is 2.20. The van der Waals surface area contributed by atoms with Crippen LogP contribution in [-0.4, -0.2) is 37.5 Å². The second-order valence-electron chi connectivity index (χ2n) is 4.54. The molecule has 0 unspecified atom stereocenters. The monoisotopic (exact) mass is 279 g/mol. The summed E-state index contributed by atoms with van der Waals surface area (Å²) < 4.78 is 29.9. The number of nitrogens with zero attached hydrogens (tertiary/aromatic N) is 1. The van der Waals surface area contributed by atoms with E-state index in [0.29, 0.717) is 17.7 Å². The number of rotatable bonds is 1. The average molecular weight is 279 g/mol. The molecule has 2 aliphatic rings. The van der Waals surface area contributed by atoms with Crippen molar-refractivity contribution in [2.75, 3.05) is 18.9 Å². The molecule has 3 rings (SSSR count). The summed E-state index contributed by atoms with van der Waals surface area (Å²) in [4.78, 5) is 12.2. The Balaban J connectivity index is 1.92. The number of fused-ring (bicyclic) bond motifs is 1. The zero-order chi connectivity index (χ0) is 13.5. The zero-order valence-corrected chi connectivity index (χ0v) is 11.0. The van der Waals surface area contributed by atoms with E-state index in [4.69, 9.17) is 4.74 Å². The van der Waals surface area contributed by atoms with Crippen molar-refractivity contribution < 1.29 is 17.9 Å². The van der Waals surface area contributed by atoms with Crippen LogP contribution in [0.25, 0.3) is 6.08 Å². The van der Waals surface area contributed by atoms with Gasteiger partial charge in [0.2, 0.25) is 10.0 Å². The quantitative estimate of drug-likeness (QED) is 0.770.